The average molecular weight is 229 g/mol. The topological polar surface area (TPSA) is 102 Å². The second-order valence-corrected chi connectivity index (χ2v) is 5.19. The van der Waals surface area contributed by atoms with E-state index in [4.69, 9.17) is 5.73 Å². The number of nitrogens with two attached hydrogens (primary N) is 1. The van der Waals surface area contributed by atoms with Crippen LogP contribution in [-0.2, 0) is 14.8 Å². The highest BCUT2D eigenvalue weighted by atomic mass is 32.2. The molecule has 0 aromatic carbocycles. The van der Waals surface area contributed by atoms with Crippen LogP contribution in [0.1, 0.15) is 19.3 Å². The number of nitrogens with zero attached hydrogens (tertiary/aromatic N) is 1. The molecule has 1 saturated carbocycles. The molecular weight excluding hydrogens is 218 g/mol. The molecule has 0 bridgehead atoms. The summed E-state index contributed by atoms with van der Waals surface area (Å²) >= 11 is 0. The predicted octanol–water partition coefficient (Wildman–Crippen LogP) is -0.760. The van der Waals surface area contributed by atoms with Gasteiger partial charge in [0.1, 0.15) is 0 Å². The molecule has 0 radical (unpaired) electrons. The first-order valence-electron chi connectivity index (χ1n) is 4.61. The molecule has 1 heterocycles. The van der Waals surface area contributed by atoms with Crippen LogP contribution in [0.2, 0.25) is 0 Å². The van der Waals surface area contributed by atoms with Crippen molar-refractivity contribution in [3.8, 4) is 0 Å². The van der Waals surface area contributed by atoms with E-state index in [1.54, 1.807) is 0 Å². The van der Waals surface area contributed by atoms with Crippen molar-refractivity contribution in [2.75, 3.05) is 0 Å². The van der Waals surface area contributed by atoms with Crippen LogP contribution in [-0.4, -0.2) is 26.6 Å². The Kier molecular flexibility index (Phi) is 2.26. The van der Waals surface area contributed by atoms with Crippen molar-refractivity contribution in [2.45, 2.75) is 25.3 Å². The van der Waals surface area contributed by atoms with Gasteiger partial charge in [-0.05, 0) is 19.3 Å². The third-order valence-electron chi connectivity index (χ3n) is 2.55. The number of carbonyl (C=O) groups excluding carboxylic acids is 1. The summed E-state index contributed by atoms with van der Waals surface area (Å²) in [5.41, 5.74) is 5.24. The van der Waals surface area contributed by atoms with Crippen molar-refractivity contribution in [2.24, 2.45) is 10.1 Å². The Balaban J connectivity index is 2.14. The van der Waals surface area contributed by atoms with Crippen molar-refractivity contribution < 1.29 is 13.2 Å². The number of hydrogen-bond donors (Lipinski definition) is 2. The number of hydrogen-bond acceptors (Lipinski definition) is 4. The fourth-order valence-corrected chi connectivity index (χ4v) is 2.15. The number of rotatable bonds is 2. The van der Waals surface area contributed by atoms with Gasteiger partial charge in [0, 0.05) is 6.04 Å². The molecule has 0 unspecified atom stereocenters. The molecule has 1 aliphatic heterocycles. The number of carbonyl (C=O) groups is 1. The number of nitrogens with one attached hydrogen (secondary N) is 1. The summed E-state index contributed by atoms with van der Waals surface area (Å²) in [6.07, 6.45) is 3.95. The summed E-state index contributed by atoms with van der Waals surface area (Å²) in [6, 6.07) is 0.148. The third-order valence-corrected chi connectivity index (χ3v) is 3.71. The standard InChI is InChI=1S/C8H11N3O3S/c9-7-6(4-10-15(7,13)14)8(12)11-5-2-1-3-5/h4-5H,1-3,9H2,(H,11,12). The Hall–Kier alpha value is -1.37. The summed E-state index contributed by atoms with van der Waals surface area (Å²) < 4.78 is 25.4. The Bertz CT molecular complexity index is 460. The zero-order valence-electron chi connectivity index (χ0n) is 7.93. The van der Waals surface area contributed by atoms with Crippen LogP contribution in [0.15, 0.2) is 15.0 Å². The zero-order chi connectivity index (χ0) is 11.1. The molecule has 6 nitrogen and oxygen atoms in total. The van der Waals surface area contributed by atoms with Gasteiger partial charge in [-0.3, -0.25) is 4.79 Å². The minimum atomic E-state index is -3.78. The Labute approximate surface area is 87.3 Å². The number of sulfonamides is 1. The van der Waals surface area contributed by atoms with E-state index in [1.165, 1.54) is 0 Å². The van der Waals surface area contributed by atoms with Crippen molar-refractivity contribution in [3.05, 3.63) is 10.6 Å². The fourth-order valence-electron chi connectivity index (χ4n) is 1.37. The fraction of sp³-hybridized carbons (Fsp3) is 0.500. The lowest BCUT2D eigenvalue weighted by Crippen LogP contribution is -2.40. The molecule has 0 saturated heterocycles. The molecule has 0 atom stereocenters. The zero-order valence-corrected chi connectivity index (χ0v) is 8.75. The molecule has 0 aromatic heterocycles. The maximum Gasteiger partial charge on any atom is 0.298 e. The SMILES string of the molecule is NC1=C(C(=O)NC2CCC2)C=NS1(=O)=O. The molecule has 2 aliphatic rings. The van der Waals surface area contributed by atoms with Gasteiger partial charge >= 0.3 is 0 Å². The van der Waals surface area contributed by atoms with Crippen LogP contribution in [0.5, 0.6) is 0 Å². The van der Waals surface area contributed by atoms with E-state index in [9.17, 15) is 13.2 Å². The Morgan fingerprint density at radius 3 is 2.60 bits per heavy atom. The van der Waals surface area contributed by atoms with Crippen molar-refractivity contribution in [3.63, 3.8) is 0 Å². The lowest BCUT2D eigenvalue weighted by Gasteiger charge is -2.26. The quantitative estimate of drug-likeness (QED) is 0.649. The van der Waals surface area contributed by atoms with E-state index in [0.29, 0.717) is 0 Å². The van der Waals surface area contributed by atoms with Gasteiger partial charge in [0.2, 0.25) is 0 Å². The van der Waals surface area contributed by atoms with Gasteiger partial charge in [-0.25, -0.2) is 0 Å². The minimum absolute atomic E-state index is 0.0538. The first-order valence-corrected chi connectivity index (χ1v) is 6.05. The highest BCUT2D eigenvalue weighted by Crippen LogP contribution is 2.20. The van der Waals surface area contributed by atoms with Crippen LogP contribution in [0.25, 0.3) is 0 Å². The molecule has 82 valence electrons. The van der Waals surface area contributed by atoms with Crippen LogP contribution in [0.4, 0.5) is 0 Å². The molecule has 15 heavy (non-hydrogen) atoms. The number of amides is 1. The van der Waals surface area contributed by atoms with Gasteiger partial charge in [-0.15, -0.1) is 0 Å². The third kappa shape index (κ3) is 1.74. The molecule has 0 spiro atoms. The van der Waals surface area contributed by atoms with Crippen molar-refractivity contribution in [1.29, 1.82) is 0 Å². The summed E-state index contributed by atoms with van der Waals surface area (Å²) in [4.78, 5) is 11.5. The summed E-state index contributed by atoms with van der Waals surface area (Å²) in [5, 5.41) is 2.24. The molecule has 3 N–H and O–H groups in total. The average Bonchev–Trinajstić information content (AvgIpc) is 2.35. The largest absolute Gasteiger partial charge is 0.387 e. The van der Waals surface area contributed by atoms with Gasteiger partial charge in [0.15, 0.2) is 5.03 Å². The van der Waals surface area contributed by atoms with Gasteiger partial charge < -0.3 is 11.1 Å². The highest BCUT2D eigenvalue weighted by Gasteiger charge is 2.29. The first-order chi connectivity index (χ1) is 7.00. The minimum Gasteiger partial charge on any atom is -0.387 e. The van der Waals surface area contributed by atoms with Crippen LogP contribution >= 0.6 is 0 Å². The van der Waals surface area contributed by atoms with E-state index in [-0.39, 0.29) is 11.6 Å². The Morgan fingerprint density at radius 2 is 2.20 bits per heavy atom. The Morgan fingerprint density at radius 1 is 1.53 bits per heavy atom. The lowest BCUT2D eigenvalue weighted by atomic mass is 9.93. The van der Waals surface area contributed by atoms with E-state index in [0.717, 1.165) is 25.5 Å². The molecular formula is C8H11N3O3S. The van der Waals surface area contributed by atoms with E-state index < -0.39 is 21.0 Å². The molecule has 1 amide bonds. The molecule has 1 aliphatic carbocycles. The summed E-state index contributed by atoms with van der Waals surface area (Å²) in [6.45, 7) is 0. The van der Waals surface area contributed by atoms with Crippen LogP contribution in [0, 0.1) is 0 Å². The van der Waals surface area contributed by atoms with Gasteiger partial charge in [-0.1, -0.05) is 0 Å². The molecule has 1 fully saturated rings. The van der Waals surface area contributed by atoms with Crippen molar-refractivity contribution >= 4 is 22.1 Å². The summed E-state index contributed by atoms with van der Waals surface area (Å²) in [5.74, 6) is -0.456. The molecule has 2 rings (SSSR count). The first kappa shape index (κ1) is 10.2. The molecule has 0 aromatic rings. The van der Waals surface area contributed by atoms with E-state index >= 15 is 0 Å². The normalized spacial score (nSPS) is 24.0. The van der Waals surface area contributed by atoms with Gasteiger partial charge in [0.25, 0.3) is 15.9 Å². The van der Waals surface area contributed by atoms with E-state index in [1.807, 2.05) is 0 Å². The lowest BCUT2D eigenvalue weighted by molar-refractivity contribution is -0.118. The van der Waals surface area contributed by atoms with Gasteiger partial charge in [0.05, 0.1) is 11.8 Å². The smallest absolute Gasteiger partial charge is 0.298 e. The van der Waals surface area contributed by atoms with Gasteiger partial charge in [-0.2, -0.15) is 12.8 Å². The second kappa shape index (κ2) is 3.34. The maximum absolute atomic E-state index is 11.5. The van der Waals surface area contributed by atoms with Crippen LogP contribution < -0.4 is 11.1 Å². The van der Waals surface area contributed by atoms with Crippen molar-refractivity contribution in [1.82, 2.24) is 5.32 Å². The summed E-state index contributed by atoms with van der Waals surface area (Å²) in [7, 11) is -3.78. The van der Waals surface area contributed by atoms with Crippen LogP contribution in [0.3, 0.4) is 0 Å². The second-order valence-electron chi connectivity index (χ2n) is 3.59. The predicted molar refractivity (Wildman–Crippen MR) is 54.4 cm³/mol. The molecule has 7 heteroatoms. The maximum atomic E-state index is 11.5. The van der Waals surface area contributed by atoms with E-state index in [2.05, 4.69) is 9.71 Å². The monoisotopic (exact) mass is 229 g/mol. The highest BCUT2D eigenvalue weighted by molar-refractivity contribution is 7.94.